The highest BCUT2D eigenvalue weighted by Gasteiger charge is 2.07. The Labute approximate surface area is 111 Å². The van der Waals surface area contributed by atoms with E-state index in [1.165, 1.54) is 0 Å². The van der Waals surface area contributed by atoms with E-state index in [1.54, 1.807) is 4.52 Å². The number of fused-ring (bicyclic) bond motifs is 1. The van der Waals surface area contributed by atoms with Crippen LogP contribution in [0.4, 0.5) is 0 Å². The monoisotopic (exact) mass is 307 g/mol. The van der Waals surface area contributed by atoms with Crippen LogP contribution in [0, 0.1) is 0 Å². The Kier molecular flexibility index (Phi) is 2.61. The predicted octanol–water partition coefficient (Wildman–Crippen LogP) is 3.81. The molecule has 3 rings (SSSR count). The first-order valence-electron chi connectivity index (χ1n) is 5.01. The predicted molar refractivity (Wildman–Crippen MR) is 71.1 cm³/mol. The van der Waals surface area contributed by atoms with Gasteiger partial charge in [0.15, 0.2) is 11.5 Å². The minimum Gasteiger partial charge on any atom is -0.219 e. The van der Waals surface area contributed by atoms with Gasteiger partial charge >= 0.3 is 0 Å². The van der Waals surface area contributed by atoms with Crippen LogP contribution in [0.15, 0.2) is 47.1 Å². The molecule has 2 heterocycles. The van der Waals surface area contributed by atoms with Crippen molar-refractivity contribution in [1.29, 1.82) is 0 Å². The summed E-state index contributed by atoms with van der Waals surface area (Å²) in [5.41, 5.74) is 1.75. The van der Waals surface area contributed by atoms with Crippen molar-refractivity contribution in [3.8, 4) is 11.4 Å². The number of halogens is 2. The van der Waals surface area contributed by atoms with Crippen molar-refractivity contribution in [3.63, 3.8) is 0 Å². The first-order chi connectivity index (χ1) is 8.24. The fourth-order valence-corrected chi connectivity index (χ4v) is 2.14. The number of hydrogen-bond acceptors (Lipinski definition) is 2. The molecular formula is C12H7BrClN3. The standard InChI is InChI=1S/C12H7BrClN3/c13-10-2-1-7-17-12(10)15-11(16-17)8-3-5-9(14)6-4-8/h1-7H. The summed E-state index contributed by atoms with van der Waals surface area (Å²) in [5, 5.41) is 5.11. The molecule has 0 aliphatic heterocycles. The van der Waals surface area contributed by atoms with Crippen LogP contribution in [0.25, 0.3) is 17.0 Å². The third-order valence-corrected chi connectivity index (χ3v) is 3.29. The average Bonchev–Trinajstić information content (AvgIpc) is 2.75. The second-order valence-electron chi connectivity index (χ2n) is 3.57. The molecule has 0 amide bonds. The molecule has 17 heavy (non-hydrogen) atoms. The molecule has 84 valence electrons. The van der Waals surface area contributed by atoms with Gasteiger partial charge in [0.05, 0.1) is 4.47 Å². The minimum absolute atomic E-state index is 0.688. The molecule has 2 aromatic heterocycles. The molecule has 3 nitrogen and oxygen atoms in total. The Morgan fingerprint density at radius 2 is 1.88 bits per heavy atom. The molecule has 0 unspecified atom stereocenters. The van der Waals surface area contributed by atoms with E-state index >= 15 is 0 Å². The maximum absolute atomic E-state index is 5.85. The third-order valence-electron chi connectivity index (χ3n) is 2.42. The van der Waals surface area contributed by atoms with Crippen LogP contribution in [0.2, 0.25) is 5.02 Å². The van der Waals surface area contributed by atoms with E-state index in [0.717, 1.165) is 15.7 Å². The van der Waals surface area contributed by atoms with Crippen LogP contribution >= 0.6 is 27.5 Å². The molecule has 0 spiro atoms. The molecule has 0 bridgehead atoms. The van der Waals surface area contributed by atoms with Gasteiger partial charge in [-0.1, -0.05) is 11.6 Å². The van der Waals surface area contributed by atoms with Crippen LogP contribution in [0.5, 0.6) is 0 Å². The van der Waals surface area contributed by atoms with Crippen molar-refractivity contribution in [3.05, 3.63) is 52.1 Å². The lowest BCUT2D eigenvalue weighted by Gasteiger charge is -1.93. The lowest BCUT2D eigenvalue weighted by atomic mass is 10.2. The Hall–Kier alpha value is -1.39. The second kappa shape index (κ2) is 4.13. The molecule has 0 radical (unpaired) electrons. The van der Waals surface area contributed by atoms with Crippen molar-refractivity contribution in [2.45, 2.75) is 0 Å². The molecule has 0 aliphatic rings. The summed E-state index contributed by atoms with van der Waals surface area (Å²) in [6.07, 6.45) is 1.87. The number of pyridine rings is 1. The Bertz CT molecular complexity index is 676. The van der Waals surface area contributed by atoms with Gasteiger partial charge in [-0.2, -0.15) is 0 Å². The van der Waals surface area contributed by atoms with Crippen molar-refractivity contribution >= 4 is 33.2 Å². The number of rotatable bonds is 1. The summed E-state index contributed by atoms with van der Waals surface area (Å²) < 4.78 is 2.67. The molecule has 0 saturated heterocycles. The number of hydrogen-bond donors (Lipinski definition) is 0. The quantitative estimate of drug-likeness (QED) is 0.684. The maximum Gasteiger partial charge on any atom is 0.182 e. The van der Waals surface area contributed by atoms with Gasteiger partial charge < -0.3 is 0 Å². The van der Waals surface area contributed by atoms with Crippen LogP contribution in [0.3, 0.4) is 0 Å². The van der Waals surface area contributed by atoms with E-state index in [4.69, 9.17) is 11.6 Å². The van der Waals surface area contributed by atoms with Gasteiger partial charge in [0.1, 0.15) is 0 Å². The lowest BCUT2D eigenvalue weighted by molar-refractivity contribution is 0.963. The van der Waals surface area contributed by atoms with E-state index in [1.807, 2.05) is 42.6 Å². The smallest absolute Gasteiger partial charge is 0.182 e. The summed E-state index contributed by atoms with van der Waals surface area (Å²) in [4.78, 5) is 4.47. The number of benzene rings is 1. The highest BCUT2D eigenvalue weighted by atomic mass is 79.9. The van der Waals surface area contributed by atoms with Crippen LogP contribution in [0.1, 0.15) is 0 Å². The lowest BCUT2D eigenvalue weighted by Crippen LogP contribution is -1.86. The van der Waals surface area contributed by atoms with Gasteiger partial charge in [0.25, 0.3) is 0 Å². The molecule has 0 N–H and O–H groups in total. The number of nitrogens with zero attached hydrogens (tertiary/aromatic N) is 3. The molecule has 0 atom stereocenters. The van der Waals surface area contributed by atoms with E-state index in [2.05, 4.69) is 26.0 Å². The summed E-state index contributed by atoms with van der Waals surface area (Å²) in [6, 6.07) is 11.3. The Balaban J connectivity index is 2.18. The van der Waals surface area contributed by atoms with Gasteiger partial charge in [0.2, 0.25) is 0 Å². The van der Waals surface area contributed by atoms with Crippen LogP contribution < -0.4 is 0 Å². The molecule has 0 fully saturated rings. The van der Waals surface area contributed by atoms with E-state index in [9.17, 15) is 0 Å². The fourth-order valence-electron chi connectivity index (χ4n) is 1.59. The first-order valence-corrected chi connectivity index (χ1v) is 6.18. The Morgan fingerprint density at radius 3 is 2.59 bits per heavy atom. The highest BCUT2D eigenvalue weighted by molar-refractivity contribution is 9.10. The van der Waals surface area contributed by atoms with Crippen molar-refractivity contribution in [2.24, 2.45) is 0 Å². The molecule has 3 aromatic rings. The summed E-state index contributed by atoms with van der Waals surface area (Å²) in [5.74, 6) is 0.688. The zero-order valence-corrected chi connectivity index (χ0v) is 11.0. The highest BCUT2D eigenvalue weighted by Crippen LogP contribution is 2.22. The van der Waals surface area contributed by atoms with Gasteiger partial charge in [-0.15, -0.1) is 5.10 Å². The van der Waals surface area contributed by atoms with Crippen LogP contribution in [-0.4, -0.2) is 14.6 Å². The van der Waals surface area contributed by atoms with Gasteiger partial charge in [-0.05, 0) is 52.3 Å². The Morgan fingerprint density at radius 1 is 1.12 bits per heavy atom. The molecule has 0 aliphatic carbocycles. The second-order valence-corrected chi connectivity index (χ2v) is 4.86. The summed E-state index contributed by atoms with van der Waals surface area (Å²) in [7, 11) is 0. The zero-order chi connectivity index (χ0) is 11.8. The molecule has 0 saturated carbocycles. The molecule has 5 heteroatoms. The largest absolute Gasteiger partial charge is 0.219 e. The minimum atomic E-state index is 0.688. The van der Waals surface area contributed by atoms with Gasteiger partial charge in [-0.25, -0.2) is 9.50 Å². The van der Waals surface area contributed by atoms with Crippen LogP contribution in [-0.2, 0) is 0 Å². The molecular weight excluding hydrogens is 302 g/mol. The topological polar surface area (TPSA) is 30.2 Å². The SMILES string of the molecule is Clc1ccc(-c2nc3c(Br)cccn3n2)cc1. The average molecular weight is 309 g/mol. The van der Waals surface area contributed by atoms with E-state index in [0.29, 0.717) is 10.8 Å². The van der Waals surface area contributed by atoms with Gasteiger partial charge in [-0.3, -0.25) is 0 Å². The number of aromatic nitrogens is 3. The zero-order valence-electron chi connectivity index (χ0n) is 8.64. The van der Waals surface area contributed by atoms with Crippen molar-refractivity contribution < 1.29 is 0 Å². The third kappa shape index (κ3) is 1.94. The summed E-state index contributed by atoms with van der Waals surface area (Å²) in [6.45, 7) is 0. The molecule has 1 aromatic carbocycles. The van der Waals surface area contributed by atoms with Crippen molar-refractivity contribution in [1.82, 2.24) is 14.6 Å². The van der Waals surface area contributed by atoms with Gasteiger partial charge in [0, 0.05) is 16.8 Å². The van der Waals surface area contributed by atoms with E-state index in [-0.39, 0.29) is 0 Å². The van der Waals surface area contributed by atoms with Crippen molar-refractivity contribution in [2.75, 3.05) is 0 Å². The fraction of sp³-hybridized carbons (Fsp3) is 0. The maximum atomic E-state index is 5.85. The summed E-state index contributed by atoms with van der Waals surface area (Å²) >= 11 is 9.30. The van der Waals surface area contributed by atoms with E-state index < -0.39 is 0 Å². The normalized spacial score (nSPS) is 10.9. The first kappa shape index (κ1) is 10.7.